The number of benzene rings is 1. The van der Waals surface area contributed by atoms with Crippen LogP contribution >= 0.6 is 11.3 Å². The van der Waals surface area contributed by atoms with Gasteiger partial charge in [0.05, 0.1) is 6.54 Å². The smallest absolute Gasteiger partial charge is 0.302 e. The number of amides is 2. The van der Waals surface area contributed by atoms with E-state index in [0.717, 1.165) is 4.88 Å². The summed E-state index contributed by atoms with van der Waals surface area (Å²) in [5.74, 6) is -0.708. The summed E-state index contributed by atoms with van der Waals surface area (Å²) >= 11 is 1.56. The van der Waals surface area contributed by atoms with Gasteiger partial charge < -0.3 is 9.73 Å². The number of nitrogens with zero attached hydrogens (tertiary/aromatic N) is 1. The van der Waals surface area contributed by atoms with Gasteiger partial charge in [-0.2, -0.15) is 4.98 Å². The van der Waals surface area contributed by atoms with Crippen LogP contribution in [0.4, 0.5) is 6.01 Å². The van der Waals surface area contributed by atoms with Crippen molar-refractivity contribution in [3.05, 3.63) is 70.2 Å². The maximum absolute atomic E-state index is 12.0. The van der Waals surface area contributed by atoms with E-state index in [9.17, 15) is 9.59 Å². The van der Waals surface area contributed by atoms with Crippen molar-refractivity contribution in [1.82, 2.24) is 10.3 Å². The molecule has 0 fully saturated rings. The van der Waals surface area contributed by atoms with E-state index in [4.69, 9.17) is 4.42 Å². The Bertz CT molecular complexity index is 797. The summed E-state index contributed by atoms with van der Waals surface area (Å²) in [6.07, 6.45) is 1.21. The summed E-state index contributed by atoms with van der Waals surface area (Å²) in [6, 6.07) is 12.5. The molecule has 0 radical (unpaired) electrons. The SMILES string of the molecule is O=C(Nc1nc(C(=O)NCc2cccs2)co1)c1ccccc1. The van der Waals surface area contributed by atoms with Gasteiger partial charge in [0.15, 0.2) is 5.69 Å². The van der Waals surface area contributed by atoms with E-state index < -0.39 is 0 Å². The van der Waals surface area contributed by atoms with Gasteiger partial charge in [0.25, 0.3) is 11.8 Å². The lowest BCUT2D eigenvalue weighted by molar-refractivity contribution is 0.0945. The van der Waals surface area contributed by atoms with Crippen molar-refractivity contribution in [1.29, 1.82) is 0 Å². The Labute approximate surface area is 136 Å². The molecule has 2 amide bonds. The molecular weight excluding hydrogens is 314 g/mol. The van der Waals surface area contributed by atoms with E-state index in [2.05, 4.69) is 15.6 Å². The molecule has 0 aliphatic rings. The van der Waals surface area contributed by atoms with Gasteiger partial charge in [-0.1, -0.05) is 24.3 Å². The van der Waals surface area contributed by atoms with Gasteiger partial charge >= 0.3 is 6.01 Å². The lowest BCUT2D eigenvalue weighted by atomic mass is 10.2. The second kappa shape index (κ2) is 6.89. The Kier molecular flexibility index (Phi) is 4.49. The third-order valence-corrected chi connectivity index (χ3v) is 3.87. The molecule has 2 N–H and O–H groups in total. The largest absolute Gasteiger partial charge is 0.431 e. The van der Waals surface area contributed by atoms with E-state index >= 15 is 0 Å². The molecule has 0 atom stereocenters. The molecule has 7 heteroatoms. The first kappa shape index (κ1) is 15.0. The Morgan fingerprint density at radius 3 is 2.65 bits per heavy atom. The topological polar surface area (TPSA) is 84.2 Å². The van der Waals surface area contributed by atoms with Crippen LogP contribution in [-0.2, 0) is 6.54 Å². The fraction of sp³-hybridized carbons (Fsp3) is 0.0625. The van der Waals surface area contributed by atoms with Crippen molar-refractivity contribution in [3.8, 4) is 0 Å². The van der Waals surface area contributed by atoms with Crippen LogP contribution in [0.2, 0.25) is 0 Å². The molecule has 0 spiro atoms. The molecule has 0 saturated heterocycles. The molecule has 0 aliphatic carbocycles. The highest BCUT2D eigenvalue weighted by atomic mass is 32.1. The fourth-order valence-corrected chi connectivity index (χ4v) is 2.51. The predicted octanol–water partition coefficient (Wildman–Crippen LogP) is 2.92. The minimum absolute atomic E-state index is 0.0138. The fourth-order valence-electron chi connectivity index (χ4n) is 1.87. The molecule has 6 nitrogen and oxygen atoms in total. The minimum atomic E-state index is -0.359. The minimum Gasteiger partial charge on any atom is -0.431 e. The zero-order valence-electron chi connectivity index (χ0n) is 12.0. The normalized spacial score (nSPS) is 10.3. The number of nitrogens with one attached hydrogen (secondary N) is 2. The van der Waals surface area contributed by atoms with Crippen molar-refractivity contribution < 1.29 is 14.0 Å². The average Bonchev–Trinajstić information content (AvgIpc) is 3.25. The average molecular weight is 327 g/mol. The van der Waals surface area contributed by atoms with E-state index in [1.54, 1.807) is 35.6 Å². The number of hydrogen-bond donors (Lipinski definition) is 2. The third kappa shape index (κ3) is 3.83. The molecule has 3 rings (SSSR count). The zero-order chi connectivity index (χ0) is 16.1. The van der Waals surface area contributed by atoms with Gasteiger partial charge in [-0.05, 0) is 23.6 Å². The molecule has 1 aromatic carbocycles. The standard InChI is InChI=1S/C16H13N3O3S/c20-14(11-5-2-1-3-6-11)19-16-18-13(10-22-16)15(21)17-9-12-7-4-8-23-12/h1-8,10H,9H2,(H,17,21)(H,18,19,20). The third-order valence-electron chi connectivity index (χ3n) is 3.00. The quantitative estimate of drug-likeness (QED) is 0.754. The molecule has 0 aliphatic heterocycles. The second-order valence-electron chi connectivity index (χ2n) is 4.62. The maximum atomic E-state index is 12.0. The first-order valence-corrected chi connectivity index (χ1v) is 7.73. The zero-order valence-corrected chi connectivity index (χ0v) is 12.8. The number of aromatic nitrogens is 1. The lowest BCUT2D eigenvalue weighted by Gasteiger charge is -2.00. The van der Waals surface area contributed by atoms with Crippen LogP contribution in [0.1, 0.15) is 25.7 Å². The van der Waals surface area contributed by atoms with Crippen LogP contribution in [0.5, 0.6) is 0 Å². The molecule has 2 heterocycles. The van der Waals surface area contributed by atoms with Gasteiger partial charge in [-0.25, -0.2) is 0 Å². The maximum Gasteiger partial charge on any atom is 0.302 e. The number of rotatable bonds is 5. The molecule has 23 heavy (non-hydrogen) atoms. The molecule has 0 saturated carbocycles. The number of thiophene rings is 1. The van der Waals surface area contributed by atoms with E-state index in [1.165, 1.54) is 6.26 Å². The highest BCUT2D eigenvalue weighted by Gasteiger charge is 2.14. The van der Waals surface area contributed by atoms with Crippen LogP contribution in [0, 0.1) is 0 Å². The molecular formula is C16H13N3O3S. The predicted molar refractivity (Wildman–Crippen MR) is 86.4 cm³/mol. The number of carbonyl (C=O) groups is 2. The van der Waals surface area contributed by atoms with Crippen molar-refractivity contribution in [3.63, 3.8) is 0 Å². The first-order chi connectivity index (χ1) is 11.2. The first-order valence-electron chi connectivity index (χ1n) is 6.85. The number of anilines is 1. The summed E-state index contributed by atoms with van der Waals surface area (Å²) in [5.41, 5.74) is 0.597. The van der Waals surface area contributed by atoms with Crippen molar-refractivity contribution in [2.24, 2.45) is 0 Å². The number of carbonyl (C=O) groups excluding carboxylic acids is 2. The van der Waals surface area contributed by atoms with Crippen molar-refractivity contribution in [2.75, 3.05) is 5.32 Å². The highest BCUT2D eigenvalue weighted by Crippen LogP contribution is 2.11. The Morgan fingerprint density at radius 2 is 1.91 bits per heavy atom. The van der Waals surface area contributed by atoms with E-state index in [1.807, 2.05) is 23.6 Å². The molecule has 0 bridgehead atoms. The number of hydrogen-bond acceptors (Lipinski definition) is 5. The summed E-state index contributed by atoms with van der Waals surface area (Å²) < 4.78 is 5.11. The molecule has 0 unspecified atom stereocenters. The Balaban J connectivity index is 1.59. The monoisotopic (exact) mass is 327 g/mol. The summed E-state index contributed by atoms with van der Waals surface area (Å²) in [7, 11) is 0. The Hall–Kier alpha value is -2.93. The van der Waals surface area contributed by atoms with Gasteiger partial charge in [0.1, 0.15) is 6.26 Å². The van der Waals surface area contributed by atoms with Crippen molar-refractivity contribution in [2.45, 2.75) is 6.54 Å². The summed E-state index contributed by atoms with van der Waals surface area (Å²) in [6.45, 7) is 0.426. The summed E-state index contributed by atoms with van der Waals surface area (Å²) in [5, 5.41) is 7.18. The van der Waals surface area contributed by atoms with Crippen LogP contribution in [0.3, 0.4) is 0 Å². The number of oxazole rings is 1. The van der Waals surface area contributed by atoms with Crippen LogP contribution in [0.25, 0.3) is 0 Å². The van der Waals surface area contributed by atoms with Gasteiger partial charge in [-0.15, -0.1) is 11.3 Å². The van der Waals surface area contributed by atoms with Gasteiger partial charge in [-0.3, -0.25) is 14.9 Å². The Morgan fingerprint density at radius 1 is 1.09 bits per heavy atom. The van der Waals surface area contributed by atoms with Crippen LogP contribution in [0.15, 0.2) is 58.5 Å². The molecule has 2 aromatic heterocycles. The second-order valence-corrected chi connectivity index (χ2v) is 5.65. The van der Waals surface area contributed by atoms with Crippen molar-refractivity contribution >= 4 is 29.2 Å². The van der Waals surface area contributed by atoms with Crippen LogP contribution in [-0.4, -0.2) is 16.8 Å². The molecule has 3 aromatic rings. The summed E-state index contributed by atoms with van der Waals surface area (Å²) in [4.78, 5) is 28.9. The van der Waals surface area contributed by atoms with Crippen LogP contribution < -0.4 is 10.6 Å². The van der Waals surface area contributed by atoms with E-state index in [0.29, 0.717) is 12.1 Å². The highest BCUT2D eigenvalue weighted by molar-refractivity contribution is 7.09. The van der Waals surface area contributed by atoms with E-state index in [-0.39, 0.29) is 23.5 Å². The van der Waals surface area contributed by atoms with Gasteiger partial charge in [0, 0.05) is 10.4 Å². The lowest BCUT2D eigenvalue weighted by Crippen LogP contribution is -2.22. The molecule has 116 valence electrons. The van der Waals surface area contributed by atoms with Gasteiger partial charge in [0.2, 0.25) is 0 Å².